The van der Waals surface area contributed by atoms with E-state index >= 15 is 0 Å². The predicted molar refractivity (Wildman–Crippen MR) is 81.3 cm³/mol. The normalized spacial score (nSPS) is 31.2. The standard InChI is InChI=1S/C17H19N3O2/c18-15(21)12-2-1-3-13-14(12)22-16(19-13)17-7-6-10(8-17)9-20(17)11-4-5-11/h1-3,10-11H,4-9H2,(H2,18,21). The molecule has 2 unspecified atom stereocenters. The summed E-state index contributed by atoms with van der Waals surface area (Å²) in [5.74, 6) is 1.11. The van der Waals surface area contributed by atoms with E-state index < -0.39 is 5.91 Å². The first kappa shape index (κ1) is 12.6. The van der Waals surface area contributed by atoms with Gasteiger partial charge in [0.05, 0.1) is 11.1 Å². The Balaban J connectivity index is 1.67. The number of para-hydroxylation sites is 1. The topological polar surface area (TPSA) is 72.4 Å². The number of piperidine rings is 1. The van der Waals surface area contributed by atoms with Crippen LogP contribution in [-0.2, 0) is 5.54 Å². The Morgan fingerprint density at radius 3 is 2.95 bits per heavy atom. The summed E-state index contributed by atoms with van der Waals surface area (Å²) in [6.45, 7) is 1.17. The SMILES string of the molecule is NC(=O)c1cccc2nc(C34CCC(CN3C3CC3)C4)oc12. The van der Waals surface area contributed by atoms with Crippen molar-refractivity contribution in [3.8, 4) is 0 Å². The van der Waals surface area contributed by atoms with Crippen molar-refractivity contribution in [2.75, 3.05) is 6.54 Å². The summed E-state index contributed by atoms with van der Waals surface area (Å²) in [5, 5.41) is 0. The van der Waals surface area contributed by atoms with Crippen LogP contribution in [0.4, 0.5) is 0 Å². The highest BCUT2D eigenvalue weighted by Gasteiger charge is 2.58. The highest BCUT2D eigenvalue weighted by Crippen LogP contribution is 2.56. The van der Waals surface area contributed by atoms with Gasteiger partial charge in [-0.25, -0.2) is 4.98 Å². The molecule has 2 bridgehead atoms. The van der Waals surface area contributed by atoms with Crippen LogP contribution in [-0.4, -0.2) is 28.4 Å². The minimum Gasteiger partial charge on any atom is -0.438 e. The van der Waals surface area contributed by atoms with Crippen molar-refractivity contribution in [2.24, 2.45) is 11.7 Å². The van der Waals surface area contributed by atoms with E-state index in [1.165, 1.54) is 25.8 Å². The molecule has 114 valence electrons. The van der Waals surface area contributed by atoms with Crippen LogP contribution in [0.1, 0.15) is 48.4 Å². The maximum atomic E-state index is 11.6. The number of nitrogens with two attached hydrogens (primary N) is 1. The molecule has 1 saturated heterocycles. The first-order valence-electron chi connectivity index (χ1n) is 8.14. The predicted octanol–water partition coefficient (Wildman–Crippen LogP) is 2.40. The van der Waals surface area contributed by atoms with Gasteiger partial charge >= 0.3 is 0 Å². The highest BCUT2D eigenvalue weighted by molar-refractivity contribution is 6.03. The molecular weight excluding hydrogens is 278 g/mol. The number of fused-ring (bicyclic) bond motifs is 3. The van der Waals surface area contributed by atoms with Gasteiger partial charge < -0.3 is 10.2 Å². The number of nitrogens with zero attached hydrogens (tertiary/aromatic N) is 2. The molecular formula is C17H19N3O2. The van der Waals surface area contributed by atoms with Gasteiger partial charge in [0.2, 0.25) is 5.89 Å². The molecule has 3 aliphatic rings. The van der Waals surface area contributed by atoms with Crippen molar-refractivity contribution in [1.82, 2.24) is 9.88 Å². The first-order valence-corrected chi connectivity index (χ1v) is 8.14. The fraction of sp³-hybridized carbons (Fsp3) is 0.529. The van der Waals surface area contributed by atoms with Crippen LogP contribution >= 0.6 is 0 Å². The van der Waals surface area contributed by atoms with Crippen LogP contribution in [0.15, 0.2) is 22.6 Å². The molecule has 2 atom stereocenters. The molecule has 5 heteroatoms. The van der Waals surface area contributed by atoms with Crippen LogP contribution in [0.3, 0.4) is 0 Å². The molecule has 2 N–H and O–H groups in total. The second-order valence-electron chi connectivity index (χ2n) is 7.06. The Morgan fingerprint density at radius 1 is 1.36 bits per heavy atom. The summed E-state index contributed by atoms with van der Waals surface area (Å²) >= 11 is 0. The number of oxazole rings is 1. The Kier molecular flexibility index (Phi) is 2.36. The summed E-state index contributed by atoms with van der Waals surface area (Å²) in [5.41, 5.74) is 7.14. The molecule has 2 saturated carbocycles. The summed E-state index contributed by atoms with van der Waals surface area (Å²) in [6.07, 6.45) is 6.10. The molecule has 22 heavy (non-hydrogen) atoms. The zero-order valence-electron chi connectivity index (χ0n) is 12.4. The van der Waals surface area contributed by atoms with Crippen molar-refractivity contribution < 1.29 is 9.21 Å². The first-order chi connectivity index (χ1) is 10.7. The highest BCUT2D eigenvalue weighted by atomic mass is 16.4. The number of carbonyl (C=O) groups is 1. The van der Waals surface area contributed by atoms with Crippen LogP contribution in [0, 0.1) is 5.92 Å². The summed E-state index contributed by atoms with van der Waals surface area (Å²) in [7, 11) is 0. The molecule has 2 heterocycles. The lowest BCUT2D eigenvalue weighted by Gasteiger charge is -2.36. The van der Waals surface area contributed by atoms with E-state index in [1.807, 2.05) is 12.1 Å². The third-order valence-electron chi connectivity index (χ3n) is 5.66. The van der Waals surface area contributed by atoms with E-state index in [0.29, 0.717) is 17.2 Å². The number of aromatic nitrogens is 1. The molecule has 1 aliphatic heterocycles. The van der Waals surface area contributed by atoms with Gasteiger partial charge in [-0.1, -0.05) is 6.07 Å². The lowest BCUT2D eigenvalue weighted by Crippen LogP contribution is -2.43. The number of hydrogen-bond donors (Lipinski definition) is 1. The Bertz CT molecular complexity index is 779. The van der Waals surface area contributed by atoms with Crippen molar-refractivity contribution in [3.63, 3.8) is 0 Å². The number of amides is 1. The zero-order valence-corrected chi connectivity index (χ0v) is 12.4. The van der Waals surface area contributed by atoms with Crippen molar-refractivity contribution >= 4 is 17.0 Å². The number of hydrogen-bond acceptors (Lipinski definition) is 4. The van der Waals surface area contributed by atoms with Crippen molar-refractivity contribution in [1.29, 1.82) is 0 Å². The molecule has 0 spiro atoms. The minimum absolute atomic E-state index is 0.0419. The Hall–Kier alpha value is -1.88. The zero-order chi connectivity index (χ0) is 14.9. The monoisotopic (exact) mass is 297 g/mol. The minimum atomic E-state index is -0.458. The number of rotatable bonds is 3. The maximum Gasteiger partial charge on any atom is 0.252 e. The molecule has 2 aliphatic carbocycles. The van der Waals surface area contributed by atoms with E-state index in [0.717, 1.165) is 30.2 Å². The van der Waals surface area contributed by atoms with Gasteiger partial charge in [-0.15, -0.1) is 0 Å². The molecule has 3 fully saturated rings. The Morgan fingerprint density at radius 2 is 2.23 bits per heavy atom. The van der Waals surface area contributed by atoms with E-state index in [4.69, 9.17) is 15.1 Å². The van der Waals surface area contributed by atoms with Gasteiger partial charge in [-0.2, -0.15) is 0 Å². The summed E-state index contributed by atoms with van der Waals surface area (Å²) < 4.78 is 6.12. The maximum absolute atomic E-state index is 11.6. The lowest BCUT2D eigenvalue weighted by atomic mass is 9.96. The number of primary amides is 1. The van der Waals surface area contributed by atoms with Gasteiger partial charge in [-0.05, 0) is 50.2 Å². The third kappa shape index (κ3) is 1.57. The van der Waals surface area contributed by atoms with E-state index in [2.05, 4.69) is 4.90 Å². The largest absolute Gasteiger partial charge is 0.438 e. The van der Waals surface area contributed by atoms with E-state index in [-0.39, 0.29) is 5.54 Å². The number of carbonyl (C=O) groups excluding carboxylic acids is 1. The summed E-state index contributed by atoms with van der Waals surface area (Å²) in [6, 6.07) is 6.13. The molecule has 5 rings (SSSR count). The van der Waals surface area contributed by atoms with Gasteiger partial charge in [0, 0.05) is 12.6 Å². The smallest absolute Gasteiger partial charge is 0.252 e. The van der Waals surface area contributed by atoms with Crippen molar-refractivity contribution in [2.45, 2.75) is 43.7 Å². The average molecular weight is 297 g/mol. The van der Waals surface area contributed by atoms with Crippen LogP contribution in [0.2, 0.25) is 0 Å². The molecule has 1 aromatic carbocycles. The molecule has 1 aromatic heterocycles. The molecule has 2 aromatic rings. The van der Waals surface area contributed by atoms with Crippen molar-refractivity contribution in [3.05, 3.63) is 29.7 Å². The fourth-order valence-electron chi connectivity index (χ4n) is 4.54. The quantitative estimate of drug-likeness (QED) is 0.944. The van der Waals surface area contributed by atoms with Gasteiger partial charge in [0.1, 0.15) is 5.52 Å². The van der Waals surface area contributed by atoms with Gasteiger partial charge in [0.15, 0.2) is 5.58 Å². The van der Waals surface area contributed by atoms with Crippen LogP contribution in [0.5, 0.6) is 0 Å². The number of likely N-dealkylation sites (tertiary alicyclic amines) is 1. The Labute approximate surface area is 128 Å². The summed E-state index contributed by atoms with van der Waals surface area (Å²) in [4.78, 5) is 19.0. The molecule has 5 nitrogen and oxygen atoms in total. The number of benzene rings is 1. The van der Waals surface area contributed by atoms with E-state index in [1.54, 1.807) is 6.07 Å². The molecule has 0 radical (unpaired) electrons. The van der Waals surface area contributed by atoms with Crippen LogP contribution in [0.25, 0.3) is 11.1 Å². The van der Waals surface area contributed by atoms with E-state index in [9.17, 15) is 4.79 Å². The fourth-order valence-corrected chi connectivity index (χ4v) is 4.54. The molecule has 1 amide bonds. The lowest BCUT2D eigenvalue weighted by molar-refractivity contribution is 0.0801. The third-order valence-corrected chi connectivity index (χ3v) is 5.66. The second-order valence-corrected chi connectivity index (χ2v) is 7.06. The second kappa shape index (κ2) is 4.10. The van der Waals surface area contributed by atoms with Gasteiger partial charge in [-0.3, -0.25) is 9.69 Å². The average Bonchev–Trinajstić information content (AvgIpc) is 2.98. The van der Waals surface area contributed by atoms with Gasteiger partial charge in [0.25, 0.3) is 5.91 Å². The van der Waals surface area contributed by atoms with Crippen LogP contribution < -0.4 is 5.73 Å².